The molecule has 0 saturated carbocycles. The Bertz CT molecular complexity index is 658. The predicted octanol–water partition coefficient (Wildman–Crippen LogP) is 2.17. The van der Waals surface area contributed by atoms with Crippen molar-refractivity contribution in [1.29, 1.82) is 0 Å². The standard InChI is InChI=1S/C16H16N2O4/c1-11(14(19)17-2)21-16(20)13-9-6-10-18-15(13)22-12-7-4-3-5-8-12/h3-11H,1-2H3,(H,17,19)/t11-/m1/s1. The van der Waals surface area contributed by atoms with Crippen LogP contribution in [0.15, 0.2) is 48.7 Å². The number of amides is 1. The van der Waals surface area contributed by atoms with E-state index in [1.807, 2.05) is 18.2 Å². The molecule has 22 heavy (non-hydrogen) atoms. The summed E-state index contributed by atoms with van der Waals surface area (Å²) in [6, 6.07) is 12.1. The average Bonchev–Trinajstić information content (AvgIpc) is 2.55. The Morgan fingerprint density at radius 2 is 1.86 bits per heavy atom. The van der Waals surface area contributed by atoms with Crippen LogP contribution in [0.4, 0.5) is 0 Å². The molecule has 0 aliphatic heterocycles. The van der Waals surface area contributed by atoms with Crippen LogP contribution in [-0.2, 0) is 9.53 Å². The van der Waals surface area contributed by atoms with E-state index in [1.54, 1.807) is 18.2 Å². The highest BCUT2D eigenvalue weighted by atomic mass is 16.6. The van der Waals surface area contributed by atoms with Crippen molar-refractivity contribution < 1.29 is 19.1 Å². The molecule has 1 N–H and O–H groups in total. The van der Waals surface area contributed by atoms with E-state index in [0.29, 0.717) is 5.75 Å². The summed E-state index contributed by atoms with van der Waals surface area (Å²) in [7, 11) is 1.47. The van der Waals surface area contributed by atoms with Gasteiger partial charge < -0.3 is 14.8 Å². The summed E-state index contributed by atoms with van der Waals surface area (Å²) in [6.07, 6.45) is 0.610. The van der Waals surface area contributed by atoms with E-state index < -0.39 is 12.1 Å². The third-order valence-electron chi connectivity index (χ3n) is 2.85. The maximum absolute atomic E-state index is 12.2. The second-order valence-corrected chi connectivity index (χ2v) is 4.43. The van der Waals surface area contributed by atoms with Crippen molar-refractivity contribution in [2.24, 2.45) is 0 Å². The molecule has 2 rings (SSSR count). The first-order valence-corrected chi connectivity index (χ1v) is 6.72. The van der Waals surface area contributed by atoms with Gasteiger partial charge in [0.15, 0.2) is 6.10 Å². The minimum atomic E-state index is -0.901. The van der Waals surface area contributed by atoms with Gasteiger partial charge in [-0.05, 0) is 31.2 Å². The van der Waals surface area contributed by atoms with E-state index in [2.05, 4.69) is 10.3 Å². The summed E-state index contributed by atoms with van der Waals surface area (Å²) >= 11 is 0. The van der Waals surface area contributed by atoms with E-state index in [0.717, 1.165) is 0 Å². The fourth-order valence-electron chi connectivity index (χ4n) is 1.71. The number of likely N-dealkylation sites (N-methyl/N-ethyl adjacent to an activating group) is 1. The summed E-state index contributed by atoms with van der Waals surface area (Å²) in [6.45, 7) is 1.49. The van der Waals surface area contributed by atoms with Gasteiger partial charge >= 0.3 is 5.97 Å². The number of esters is 1. The summed E-state index contributed by atoms with van der Waals surface area (Å²) in [5.74, 6) is -0.379. The Morgan fingerprint density at radius 1 is 1.14 bits per heavy atom. The molecule has 1 aromatic carbocycles. The average molecular weight is 300 g/mol. The first kappa shape index (κ1) is 15.5. The second kappa shape index (κ2) is 7.21. The molecule has 6 nitrogen and oxygen atoms in total. The molecule has 1 aromatic heterocycles. The minimum Gasteiger partial charge on any atom is -0.449 e. The fourth-order valence-corrected chi connectivity index (χ4v) is 1.71. The van der Waals surface area contributed by atoms with Gasteiger partial charge in [0.2, 0.25) is 5.88 Å². The Labute approximate surface area is 128 Å². The number of nitrogens with zero attached hydrogens (tertiary/aromatic N) is 1. The largest absolute Gasteiger partial charge is 0.449 e. The molecule has 0 spiro atoms. The van der Waals surface area contributed by atoms with E-state index in [4.69, 9.17) is 9.47 Å². The van der Waals surface area contributed by atoms with E-state index in [-0.39, 0.29) is 17.4 Å². The smallest absolute Gasteiger partial charge is 0.344 e. The fraction of sp³-hybridized carbons (Fsp3) is 0.188. The number of carbonyl (C=O) groups is 2. The minimum absolute atomic E-state index is 0.128. The van der Waals surface area contributed by atoms with Crippen LogP contribution in [0.25, 0.3) is 0 Å². The van der Waals surface area contributed by atoms with Crippen LogP contribution in [0.1, 0.15) is 17.3 Å². The van der Waals surface area contributed by atoms with Gasteiger partial charge in [0.05, 0.1) is 0 Å². The molecule has 1 atom stereocenters. The number of hydrogen-bond acceptors (Lipinski definition) is 5. The molecule has 114 valence electrons. The molecular formula is C16H16N2O4. The summed E-state index contributed by atoms with van der Waals surface area (Å²) in [5, 5.41) is 2.41. The van der Waals surface area contributed by atoms with Gasteiger partial charge in [-0.25, -0.2) is 9.78 Å². The van der Waals surface area contributed by atoms with Gasteiger partial charge in [0.1, 0.15) is 11.3 Å². The van der Waals surface area contributed by atoms with Crippen LogP contribution in [0.5, 0.6) is 11.6 Å². The highest BCUT2D eigenvalue weighted by Gasteiger charge is 2.21. The van der Waals surface area contributed by atoms with Crippen molar-refractivity contribution in [3.05, 3.63) is 54.2 Å². The van der Waals surface area contributed by atoms with Crippen molar-refractivity contribution in [2.45, 2.75) is 13.0 Å². The van der Waals surface area contributed by atoms with Gasteiger partial charge in [-0.2, -0.15) is 0 Å². The summed E-state index contributed by atoms with van der Waals surface area (Å²) in [5.41, 5.74) is 0.155. The molecule has 0 aliphatic rings. The SMILES string of the molecule is CNC(=O)[C@@H](C)OC(=O)c1cccnc1Oc1ccccc1. The molecule has 0 fully saturated rings. The van der Waals surface area contributed by atoms with Gasteiger partial charge in [-0.1, -0.05) is 18.2 Å². The Balaban J connectivity index is 2.17. The van der Waals surface area contributed by atoms with Crippen LogP contribution in [-0.4, -0.2) is 30.0 Å². The zero-order chi connectivity index (χ0) is 15.9. The quantitative estimate of drug-likeness (QED) is 0.856. The number of hydrogen-bond donors (Lipinski definition) is 1. The second-order valence-electron chi connectivity index (χ2n) is 4.43. The molecule has 0 radical (unpaired) electrons. The van der Waals surface area contributed by atoms with Gasteiger partial charge in [-0.3, -0.25) is 4.79 Å². The molecule has 2 aromatic rings. The van der Waals surface area contributed by atoms with Gasteiger partial charge in [0.25, 0.3) is 5.91 Å². The molecule has 0 aliphatic carbocycles. The third kappa shape index (κ3) is 3.82. The van der Waals surface area contributed by atoms with Crippen LogP contribution >= 0.6 is 0 Å². The molecule has 0 unspecified atom stereocenters. The first-order valence-electron chi connectivity index (χ1n) is 6.72. The normalized spacial score (nSPS) is 11.4. The third-order valence-corrected chi connectivity index (χ3v) is 2.85. The number of aromatic nitrogens is 1. The molecule has 0 saturated heterocycles. The monoisotopic (exact) mass is 300 g/mol. The highest BCUT2D eigenvalue weighted by Crippen LogP contribution is 2.23. The van der Waals surface area contributed by atoms with Crippen molar-refractivity contribution >= 4 is 11.9 Å². The van der Waals surface area contributed by atoms with Gasteiger partial charge in [-0.15, -0.1) is 0 Å². The lowest BCUT2D eigenvalue weighted by Crippen LogP contribution is -2.33. The lowest BCUT2D eigenvalue weighted by atomic mass is 10.2. The Hall–Kier alpha value is -2.89. The molecular weight excluding hydrogens is 284 g/mol. The van der Waals surface area contributed by atoms with Crippen LogP contribution in [0, 0.1) is 0 Å². The van der Waals surface area contributed by atoms with E-state index in [1.165, 1.54) is 26.2 Å². The molecule has 6 heteroatoms. The topological polar surface area (TPSA) is 77.5 Å². The number of pyridine rings is 1. The number of nitrogens with one attached hydrogen (secondary N) is 1. The lowest BCUT2D eigenvalue weighted by Gasteiger charge is -2.13. The number of carbonyl (C=O) groups excluding carboxylic acids is 2. The number of rotatable bonds is 5. The summed E-state index contributed by atoms with van der Waals surface area (Å²) in [4.78, 5) is 27.6. The molecule has 1 heterocycles. The predicted molar refractivity (Wildman–Crippen MR) is 79.7 cm³/mol. The zero-order valence-electron chi connectivity index (χ0n) is 12.3. The Kier molecular flexibility index (Phi) is 5.08. The highest BCUT2D eigenvalue weighted by molar-refractivity contribution is 5.94. The van der Waals surface area contributed by atoms with Crippen LogP contribution in [0.2, 0.25) is 0 Å². The summed E-state index contributed by atoms with van der Waals surface area (Å²) < 4.78 is 10.7. The van der Waals surface area contributed by atoms with Crippen molar-refractivity contribution in [1.82, 2.24) is 10.3 Å². The lowest BCUT2D eigenvalue weighted by molar-refractivity contribution is -0.128. The molecule has 1 amide bonds. The molecule has 0 bridgehead atoms. The first-order chi connectivity index (χ1) is 10.6. The van der Waals surface area contributed by atoms with E-state index in [9.17, 15) is 9.59 Å². The van der Waals surface area contributed by atoms with Crippen molar-refractivity contribution in [2.75, 3.05) is 7.05 Å². The number of para-hydroxylation sites is 1. The zero-order valence-corrected chi connectivity index (χ0v) is 12.3. The van der Waals surface area contributed by atoms with Gasteiger partial charge in [0, 0.05) is 13.2 Å². The van der Waals surface area contributed by atoms with Crippen molar-refractivity contribution in [3.8, 4) is 11.6 Å². The maximum Gasteiger partial charge on any atom is 0.344 e. The van der Waals surface area contributed by atoms with Crippen LogP contribution < -0.4 is 10.1 Å². The van der Waals surface area contributed by atoms with Crippen LogP contribution in [0.3, 0.4) is 0 Å². The van der Waals surface area contributed by atoms with E-state index >= 15 is 0 Å². The maximum atomic E-state index is 12.2. The Morgan fingerprint density at radius 3 is 2.55 bits per heavy atom. The number of ether oxygens (including phenoxy) is 2. The van der Waals surface area contributed by atoms with Crippen molar-refractivity contribution in [3.63, 3.8) is 0 Å². The number of benzene rings is 1.